The Morgan fingerprint density at radius 3 is 2.58 bits per heavy atom. The van der Waals surface area contributed by atoms with Gasteiger partial charge in [0.2, 0.25) is 0 Å². The van der Waals surface area contributed by atoms with E-state index in [4.69, 9.17) is 0 Å². The summed E-state index contributed by atoms with van der Waals surface area (Å²) in [4.78, 5) is 29.2. The SMILES string of the molecule is CC1CNCCN1c1cccc2c1C[C@H](NC(=O)c1ccc(N3CCC(=O)CC3)cc1)CC2. The summed E-state index contributed by atoms with van der Waals surface area (Å²) in [6.45, 7) is 6.84. The summed E-state index contributed by atoms with van der Waals surface area (Å²) >= 11 is 0. The summed E-state index contributed by atoms with van der Waals surface area (Å²) in [7, 11) is 0. The first kappa shape index (κ1) is 22.0. The molecule has 6 nitrogen and oxygen atoms in total. The number of carbonyl (C=O) groups is 2. The van der Waals surface area contributed by atoms with Crippen LogP contribution in [0.1, 0.15) is 47.7 Å². The van der Waals surface area contributed by atoms with Gasteiger partial charge in [-0.05, 0) is 67.6 Å². The lowest BCUT2D eigenvalue weighted by Crippen LogP contribution is -2.50. The van der Waals surface area contributed by atoms with E-state index in [1.807, 2.05) is 24.3 Å². The highest BCUT2D eigenvalue weighted by molar-refractivity contribution is 5.94. The van der Waals surface area contributed by atoms with E-state index in [-0.39, 0.29) is 11.9 Å². The Hall–Kier alpha value is -2.86. The van der Waals surface area contributed by atoms with Gasteiger partial charge in [0, 0.05) is 74.6 Å². The number of Topliss-reactive ketones (excluding diaryl/α,β-unsaturated/α-hetero) is 1. The highest BCUT2D eigenvalue weighted by Crippen LogP contribution is 2.32. The Morgan fingerprint density at radius 2 is 1.82 bits per heavy atom. The number of ketones is 1. The van der Waals surface area contributed by atoms with Crippen LogP contribution in [0.5, 0.6) is 0 Å². The van der Waals surface area contributed by atoms with Gasteiger partial charge in [0.15, 0.2) is 0 Å². The fourth-order valence-electron chi connectivity index (χ4n) is 5.47. The van der Waals surface area contributed by atoms with Crippen LogP contribution in [0.15, 0.2) is 42.5 Å². The minimum atomic E-state index is -0.00292. The van der Waals surface area contributed by atoms with Crippen LogP contribution in [0.2, 0.25) is 0 Å². The molecule has 5 rings (SSSR count). The zero-order valence-corrected chi connectivity index (χ0v) is 19.5. The minimum absolute atomic E-state index is 0.00292. The molecule has 33 heavy (non-hydrogen) atoms. The third-order valence-electron chi connectivity index (χ3n) is 7.42. The lowest BCUT2D eigenvalue weighted by molar-refractivity contribution is -0.119. The molecule has 6 heteroatoms. The number of piperidine rings is 1. The summed E-state index contributed by atoms with van der Waals surface area (Å²) in [6.07, 6.45) is 4.08. The monoisotopic (exact) mass is 446 g/mol. The second kappa shape index (κ2) is 9.56. The molecule has 0 aromatic heterocycles. The Balaban J connectivity index is 1.25. The van der Waals surface area contributed by atoms with Gasteiger partial charge in [-0.2, -0.15) is 0 Å². The first-order valence-corrected chi connectivity index (χ1v) is 12.3. The van der Waals surface area contributed by atoms with E-state index in [0.29, 0.717) is 30.2 Å². The first-order valence-electron chi connectivity index (χ1n) is 12.3. The van der Waals surface area contributed by atoms with Crippen LogP contribution in [0.4, 0.5) is 11.4 Å². The third kappa shape index (κ3) is 4.76. The zero-order chi connectivity index (χ0) is 22.8. The number of nitrogens with one attached hydrogen (secondary N) is 2. The predicted octanol–water partition coefficient (Wildman–Crippen LogP) is 2.94. The van der Waals surface area contributed by atoms with Gasteiger partial charge < -0.3 is 20.4 Å². The number of aryl methyl sites for hydroxylation is 1. The van der Waals surface area contributed by atoms with Gasteiger partial charge in [0.25, 0.3) is 5.91 Å². The normalized spacial score (nSPS) is 23.2. The standard InChI is InChI=1S/C27H34N4O2/c1-19-18-28-13-16-31(19)26-4-2-3-20-5-8-22(17-25(20)26)29-27(33)21-6-9-23(10-7-21)30-14-11-24(32)12-15-30/h2-4,6-7,9-10,19,22,28H,5,8,11-18H2,1H3,(H,29,33)/t19?,22-/m1/s1. The van der Waals surface area contributed by atoms with Crippen molar-refractivity contribution in [2.24, 2.45) is 0 Å². The number of hydrogen-bond donors (Lipinski definition) is 2. The number of rotatable bonds is 4. The second-order valence-electron chi connectivity index (χ2n) is 9.65. The molecule has 2 atom stereocenters. The van der Waals surface area contributed by atoms with Crippen molar-refractivity contribution >= 4 is 23.1 Å². The Bertz CT molecular complexity index is 1010. The van der Waals surface area contributed by atoms with E-state index >= 15 is 0 Å². The number of amides is 1. The van der Waals surface area contributed by atoms with Crippen LogP contribution in [0.3, 0.4) is 0 Å². The quantitative estimate of drug-likeness (QED) is 0.756. The number of fused-ring (bicyclic) bond motifs is 1. The minimum Gasteiger partial charge on any atom is -0.371 e. The fourth-order valence-corrected chi connectivity index (χ4v) is 5.47. The van der Waals surface area contributed by atoms with E-state index in [1.165, 1.54) is 16.8 Å². The number of piperazine rings is 1. The van der Waals surface area contributed by atoms with Gasteiger partial charge in [-0.25, -0.2) is 0 Å². The van der Waals surface area contributed by atoms with Crippen LogP contribution < -0.4 is 20.4 Å². The maximum Gasteiger partial charge on any atom is 0.251 e. The summed E-state index contributed by atoms with van der Waals surface area (Å²) in [5, 5.41) is 6.77. The molecule has 2 heterocycles. The third-order valence-corrected chi connectivity index (χ3v) is 7.42. The predicted molar refractivity (Wildman–Crippen MR) is 132 cm³/mol. The number of carbonyl (C=O) groups excluding carboxylic acids is 2. The van der Waals surface area contributed by atoms with E-state index < -0.39 is 0 Å². The average Bonchev–Trinajstić information content (AvgIpc) is 2.85. The van der Waals surface area contributed by atoms with Gasteiger partial charge in [0.1, 0.15) is 5.78 Å². The molecule has 1 amide bonds. The first-order chi connectivity index (χ1) is 16.1. The van der Waals surface area contributed by atoms with Gasteiger partial charge in [-0.15, -0.1) is 0 Å². The second-order valence-corrected chi connectivity index (χ2v) is 9.65. The molecule has 2 saturated heterocycles. The number of anilines is 2. The van der Waals surface area contributed by atoms with E-state index in [0.717, 1.165) is 57.7 Å². The Morgan fingerprint density at radius 1 is 1.03 bits per heavy atom. The van der Waals surface area contributed by atoms with Gasteiger partial charge in [0.05, 0.1) is 0 Å². The Kier molecular flexibility index (Phi) is 6.36. The molecule has 0 saturated carbocycles. The van der Waals surface area contributed by atoms with Crippen molar-refractivity contribution in [2.75, 3.05) is 42.5 Å². The molecule has 1 unspecified atom stereocenters. The molecule has 0 bridgehead atoms. The molecule has 1 aliphatic carbocycles. The van der Waals surface area contributed by atoms with Crippen molar-refractivity contribution in [1.29, 1.82) is 0 Å². The van der Waals surface area contributed by atoms with Crippen LogP contribution in [0, 0.1) is 0 Å². The van der Waals surface area contributed by atoms with E-state index in [2.05, 4.69) is 45.6 Å². The smallest absolute Gasteiger partial charge is 0.251 e. The summed E-state index contributed by atoms with van der Waals surface area (Å²) < 4.78 is 0. The van der Waals surface area contributed by atoms with E-state index in [1.54, 1.807) is 0 Å². The number of nitrogens with zero attached hydrogens (tertiary/aromatic N) is 2. The highest BCUT2D eigenvalue weighted by Gasteiger charge is 2.27. The lowest BCUT2D eigenvalue weighted by Gasteiger charge is -2.39. The molecule has 174 valence electrons. The van der Waals surface area contributed by atoms with Crippen molar-refractivity contribution in [3.8, 4) is 0 Å². The maximum absolute atomic E-state index is 13.0. The van der Waals surface area contributed by atoms with Gasteiger partial charge >= 0.3 is 0 Å². The van der Waals surface area contributed by atoms with Gasteiger partial charge in [-0.1, -0.05) is 12.1 Å². The van der Waals surface area contributed by atoms with E-state index in [9.17, 15) is 9.59 Å². The number of benzene rings is 2. The Labute approximate surface area is 196 Å². The van der Waals surface area contributed by atoms with Crippen molar-refractivity contribution in [2.45, 2.75) is 51.1 Å². The highest BCUT2D eigenvalue weighted by atomic mass is 16.1. The fraction of sp³-hybridized carbons (Fsp3) is 0.481. The maximum atomic E-state index is 13.0. The molecular weight excluding hydrogens is 412 g/mol. The lowest BCUT2D eigenvalue weighted by atomic mass is 9.86. The van der Waals surface area contributed by atoms with Crippen molar-refractivity contribution in [1.82, 2.24) is 10.6 Å². The molecule has 0 radical (unpaired) electrons. The molecule has 0 spiro atoms. The topological polar surface area (TPSA) is 64.7 Å². The molecule has 2 aromatic carbocycles. The summed E-state index contributed by atoms with van der Waals surface area (Å²) in [6, 6.07) is 15.1. The molecule has 2 N–H and O–H groups in total. The van der Waals surface area contributed by atoms with Crippen LogP contribution in [-0.4, -0.2) is 56.5 Å². The van der Waals surface area contributed by atoms with Crippen LogP contribution in [-0.2, 0) is 17.6 Å². The van der Waals surface area contributed by atoms with Crippen molar-refractivity contribution in [3.63, 3.8) is 0 Å². The molecular formula is C27H34N4O2. The molecule has 2 aliphatic heterocycles. The zero-order valence-electron chi connectivity index (χ0n) is 19.5. The van der Waals surface area contributed by atoms with Crippen LogP contribution in [0.25, 0.3) is 0 Å². The van der Waals surface area contributed by atoms with Crippen molar-refractivity contribution in [3.05, 3.63) is 59.2 Å². The van der Waals surface area contributed by atoms with Gasteiger partial charge in [-0.3, -0.25) is 9.59 Å². The number of hydrogen-bond acceptors (Lipinski definition) is 5. The molecule has 3 aliphatic rings. The average molecular weight is 447 g/mol. The summed E-state index contributed by atoms with van der Waals surface area (Å²) in [5.41, 5.74) is 5.94. The largest absolute Gasteiger partial charge is 0.371 e. The molecule has 2 aromatic rings. The summed E-state index contributed by atoms with van der Waals surface area (Å²) in [5.74, 6) is 0.336. The van der Waals surface area contributed by atoms with Crippen molar-refractivity contribution < 1.29 is 9.59 Å². The molecule has 2 fully saturated rings. The van der Waals surface area contributed by atoms with Crippen LogP contribution >= 0.6 is 0 Å².